The highest BCUT2D eigenvalue weighted by Gasteiger charge is 2.62. The summed E-state index contributed by atoms with van der Waals surface area (Å²) >= 11 is 3.27. The molecule has 3 rings (SSSR count). The van der Waals surface area contributed by atoms with Gasteiger partial charge in [-0.25, -0.2) is 4.39 Å². The van der Waals surface area contributed by atoms with Gasteiger partial charge < -0.3 is 5.32 Å². The average molecular weight is 270 g/mol. The molecule has 2 aliphatic rings. The molecule has 0 radical (unpaired) electrons. The lowest BCUT2D eigenvalue weighted by molar-refractivity contribution is -0.118. The molecule has 1 aromatic carbocycles. The number of benzene rings is 1. The molecule has 2 atom stereocenters. The number of halogens is 2. The van der Waals surface area contributed by atoms with Crippen LogP contribution in [0.25, 0.3) is 0 Å². The molecule has 1 aliphatic heterocycles. The summed E-state index contributed by atoms with van der Waals surface area (Å²) in [7, 11) is 0. The van der Waals surface area contributed by atoms with Crippen LogP contribution in [-0.2, 0) is 10.2 Å². The van der Waals surface area contributed by atoms with E-state index in [4.69, 9.17) is 0 Å². The number of hydrogen-bond acceptors (Lipinski definition) is 1. The Morgan fingerprint density at radius 2 is 2.27 bits per heavy atom. The average Bonchev–Trinajstić information content (AvgIpc) is 2.74. The minimum Gasteiger partial charge on any atom is -0.324 e. The quantitative estimate of drug-likeness (QED) is 0.771. The van der Waals surface area contributed by atoms with Crippen molar-refractivity contribution in [3.8, 4) is 0 Å². The van der Waals surface area contributed by atoms with Crippen LogP contribution in [0.3, 0.4) is 0 Å². The highest BCUT2D eigenvalue weighted by molar-refractivity contribution is 9.10. The Bertz CT molecular complexity index is 488. The van der Waals surface area contributed by atoms with Crippen molar-refractivity contribution in [1.82, 2.24) is 0 Å². The number of fused-ring (bicyclic) bond motifs is 2. The normalized spacial score (nSPS) is 31.7. The molecule has 2 nitrogen and oxygen atoms in total. The molecule has 15 heavy (non-hydrogen) atoms. The van der Waals surface area contributed by atoms with E-state index in [1.54, 1.807) is 0 Å². The van der Waals surface area contributed by atoms with E-state index < -0.39 is 5.41 Å². The van der Waals surface area contributed by atoms with Gasteiger partial charge in [-0.15, -0.1) is 0 Å². The minimum atomic E-state index is -0.444. The maximum absolute atomic E-state index is 13.3. The van der Waals surface area contributed by atoms with Crippen LogP contribution in [0.1, 0.15) is 18.9 Å². The number of nitrogens with one attached hydrogen (secondary N) is 1. The Morgan fingerprint density at radius 1 is 1.60 bits per heavy atom. The second kappa shape index (κ2) is 2.61. The van der Waals surface area contributed by atoms with Crippen LogP contribution in [0, 0.1) is 11.7 Å². The van der Waals surface area contributed by atoms with Gasteiger partial charge in [-0.3, -0.25) is 4.79 Å². The van der Waals surface area contributed by atoms with Gasteiger partial charge in [-0.1, -0.05) is 6.92 Å². The highest BCUT2D eigenvalue weighted by atomic mass is 79.9. The first kappa shape index (κ1) is 9.33. The fourth-order valence-corrected chi connectivity index (χ4v) is 3.05. The van der Waals surface area contributed by atoms with E-state index in [2.05, 4.69) is 21.2 Å². The maximum Gasteiger partial charge on any atom is 0.235 e. The van der Waals surface area contributed by atoms with Gasteiger partial charge in [0, 0.05) is 4.47 Å². The molecule has 1 saturated carbocycles. The van der Waals surface area contributed by atoms with E-state index in [1.165, 1.54) is 12.1 Å². The zero-order chi connectivity index (χ0) is 10.8. The summed E-state index contributed by atoms with van der Waals surface area (Å²) in [4.78, 5) is 11.8. The molecule has 0 bridgehead atoms. The summed E-state index contributed by atoms with van der Waals surface area (Å²) in [6.45, 7) is 2.02. The van der Waals surface area contributed by atoms with E-state index in [9.17, 15) is 9.18 Å². The molecule has 1 heterocycles. The van der Waals surface area contributed by atoms with Crippen molar-refractivity contribution < 1.29 is 9.18 Å². The third kappa shape index (κ3) is 1.00. The summed E-state index contributed by atoms with van der Waals surface area (Å²) in [6, 6.07) is 2.85. The number of carbonyl (C=O) groups is 1. The number of rotatable bonds is 0. The fraction of sp³-hybridized carbons (Fsp3) is 0.364. The van der Waals surface area contributed by atoms with Crippen molar-refractivity contribution in [2.24, 2.45) is 5.92 Å². The van der Waals surface area contributed by atoms with E-state index in [1.807, 2.05) is 6.92 Å². The van der Waals surface area contributed by atoms with Crippen LogP contribution in [0.2, 0.25) is 0 Å². The number of carbonyl (C=O) groups excluding carboxylic acids is 1. The molecular weight excluding hydrogens is 261 g/mol. The van der Waals surface area contributed by atoms with Crippen LogP contribution in [-0.4, -0.2) is 5.91 Å². The first-order valence-corrected chi connectivity index (χ1v) is 5.66. The third-order valence-corrected chi connectivity index (χ3v) is 4.11. The van der Waals surface area contributed by atoms with Crippen LogP contribution >= 0.6 is 15.9 Å². The molecule has 2 unspecified atom stereocenters. The smallest absolute Gasteiger partial charge is 0.235 e. The van der Waals surface area contributed by atoms with Gasteiger partial charge in [0.1, 0.15) is 5.82 Å². The Morgan fingerprint density at radius 3 is 2.87 bits per heavy atom. The predicted molar refractivity (Wildman–Crippen MR) is 58.2 cm³/mol. The van der Waals surface area contributed by atoms with Crippen LogP contribution in [0.5, 0.6) is 0 Å². The summed E-state index contributed by atoms with van der Waals surface area (Å²) in [5.41, 5.74) is 1.11. The standard InChI is InChI=1S/C11H9BrFNO/c1-5-4-11(5)7-2-6(13)3-8(12)9(7)14-10(11)15/h2-3,5H,4H2,1H3,(H,14,15). The van der Waals surface area contributed by atoms with Gasteiger partial charge >= 0.3 is 0 Å². The van der Waals surface area contributed by atoms with Crippen LogP contribution in [0.4, 0.5) is 10.1 Å². The van der Waals surface area contributed by atoms with Gasteiger partial charge in [0.15, 0.2) is 0 Å². The van der Waals surface area contributed by atoms with Gasteiger partial charge in [0.25, 0.3) is 0 Å². The molecule has 4 heteroatoms. The summed E-state index contributed by atoms with van der Waals surface area (Å²) in [5.74, 6) is 0.0272. The summed E-state index contributed by atoms with van der Waals surface area (Å²) in [5, 5.41) is 2.82. The first-order valence-electron chi connectivity index (χ1n) is 4.86. The van der Waals surface area contributed by atoms with Gasteiger partial charge in [0.05, 0.1) is 11.1 Å². The second-order valence-electron chi connectivity index (χ2n) is 4.34. The van der Waals surface area contributed by atoms with E-state index in [0.29, 0.717) is 10.4 Å². The van der Waals surface area contributed by atoms with Crippen molar-refractivity contribution >= 4 is 27.5 Å². The zero-order valence-corrected chi connectivity index (χ0v) is 9.69. The molecule has 1 fully saturated rings. The molecule has 1 N–H and O–H groups in total. The van der Waals surface area contributed by atoms with Gasteiger partial charge in [-0.05, 0) is 46.0 Å². The molecule has 1 amide bonds. The Kier molecular flexibility index (Phi) is 1.63. The summed E-state index contributed by atoms with van der Waals surface area (Å²) in [6.07, 6.45) is 0.821. The van der Waals surface area contributed by atoms with E-state index in [0.717, 1.165) is 17.7 Å². The molecule has 1 aromatic rings. The minimum absolute atomic E-state index is 0.0105. The molecule has 1 spiro atoms. The topological polar surface area (TPSA) is 29.1 Å². The molecule has 0 saturated heterocycles. The Balaban J connectivity index is 2.26. The van der Waals surface area contributed by atoms with Crippen molar-refractivity contribution in [2.75, 3.05) is 5.32 Å². The van der Waals surface area contributed by atoms with Gasteiger partial charge in [0.2, 0.25) is 5.91 Å². The third-order valence-electron chi connectivity index (χ3n) is 3.49. The van der Waals surface area contributed by atoms with Crippen molar-refractivity contribution in [1.29, 1.82) is 0 Å². The Labute approximate surface area is 95.0 Å². The largest absolute Gasteiger partial charge is 0.324 e. The predicted octanol–water partition coefficient (Wildman–Crippen LogP) is 2.82. The van der Waals surface area contributed by atoms with Gasteiger partial charge in [-0.2, -0.15) is 0 Å². The lowest BCUT2D eigenvalue weighted by Gasteiger charge is -2.06. The van der Waals surface area contributed by atoms with Crippen LogP contribution < -0.4 is 5.32 Å². The molecule has 0 aromatic heterocycles. The Hall–Kier alpha value is -0.900. The fourth-order valence-electron chi connectivity index (χ4n) is 2.52. The molecular formula is C11H9BrFNO. The van der Waals surface area contributed by atoms with Crippen molar-refractivity contribution in [3.05, 3.63) is 28.0 Å². The molecule has 1 aliphatic carbocycles. The van der Waals surface area contributed by atoms with Crippen molar-refractivity contribution in [3.63, 3.8) is 0 Å². The monoisotopic (exact) mass is 269 g/mol. The zero-order valence-electron chi connectivity index (χ0n) is 8.10. The molecule has 78 valence electrons. The SMILES string of the molecule is CC1CC12C(=O)Nc1c(Br)cc(F)cc12. The number of hydrogen-bond donors (Lipinski definition) is 1. The summed E-state index contributed by atoms with van der Waals surface area (Å²) < 4.78 is 13.9. The first-order chi connectivity index (χ1) is 7.05. The number of anilines is 1. The highest BCUT2D eigenvalue weighted by Crippen LogP contribution is 2.60. The van der Waals surface area contributed by atoms with Crippen LogP contribution in [0.15, 0.2) is 16.6 Å². The van der Waals surface area contributed by atoms with Crippen molar-refractivity contribution in [2.45, 2.75) is 18.8 Å². The maximum atomic E-state index is 13.3. The lowest BCUT2D eigenvalue weighted by atomic mass is 9.95. The number of amides is 1. The lowest BCUT2D eigenvalue weighted by Crippen LogP contribution is -2.20. The van der Waals surface area contributed by atoms with E-state index in [-0.39, 0.29) is 11.7 Å². The second-order valence-corrected chi connectivity index (χ2v) is 5.20. The van der Waals surface area contributed by atoms with E-state index >= 15 is 0 Å².